The van der Waals surface area contributed by atoms with Gasteiger partial charge in [0.1, 0.15) is 12.2 Å². The van der Waals surface area contributed by atoms with Crippen LogP contribution in [0.4, 0.5) is 10.5 Å². The highest BCUT2D eigenvalue weighted by Gasteiger charge is 2.37. The number of aryl methyl sites for hydroxylation is 1. The molecule has 37 heavy (non-hydrogen) atoms. The van der Waals surface area contributed by atoms with E-state index in [1.165, 1.54) is 6.08 Å². The van der Waals surface area contributed by atoms with E-state index in [9.17, 15) is 14.4 Å². The van der Waals surface area contributed by atoms with E-state index in [0.29, 0.717) is 35.8 Å². The van der Waals surface area contributed by atoms with Gasteiger partial charge in [-0.25, -0.2) is 9.69 Å². The summed E-state index contributed by atoms with van der Waals surface area (Å²) in [4.78, 5) is 39.6. The van der Waals surface area contributed by atoms with Gasteiger partial charge < -0.3 is 9.47 Å². The Labute approximate surface area is 228 Å². The predicted molar refractivity (Wildman–Crippen MR) is 146 cm³/mol. The van der Waals surface area contributed by atoms with Gasteiger partial charge in [0, 0.05) is 10.0 Å². The SMILES string of the molecule is CCOc1cc(/C=C2/C(=O)NC(=O)N(c3ccccc3CC)C2=O)cc(Cl)c1OCc1ccccc1Br. The number of carbonyl (C=O) groups excluding carboxylic acids is 3. The lowest BCUT2D eigenvalue weighted by Gasteiger charge is -2.28. The number of carbonyl (C=O) groups is 3. The number of anilines is 1. The molecule has 3 aromatic carbocycles. The first-order valence-corrected chi connectivity index (χ1v) is 12.8. The molecule has 0 atom stereocenters. The van der Waals surface area contributed by atoms with Crippen LogP contribution in [-0.4, -0.2) is 24.5 Å². The molecule has 9 heteroatoms. The fourth-order valence-electron chi connectivity index (χ4n) is 3.91. The van der Waals surface area contributed by atoms with Crippen LogP contribution in [0.2, 0.25) is 5.02 Å². The standard InChI is InChI=1S/C28H24BrClN2O5/c1-3-18-9-6-8-12-23(18)32-27(34)20(26(33)31-28(32)35)13-17-14-22(30)25(24(15-17)36-4-2)37-16-19-10-5-7-11-21(19)29/h5-15H,3-4,16H2,1-2H3,(H,31,33,35)/b20-13-. The van der Waals surface area contributed by atoms with Gasteiger partial charge in [-0.15, -0.1) is 0 Å². The first-order chi connectivity index (χ1) is 17.8. The van der Waals surface area contributed by atoms with E-state index in [4.69, 9.17) is 21.1 Å². The molecular formula is C28H24BrClN2O5. The van der Waals surface area contributed by atoms with Crippen LogP contribution in [0, 0.1) is 0 Å². The molecule has 190 valence electrons. The minimum Gasteiger partial charge on any atom is -0.490 e. The zero-order valence-corrected chi connectivity index (χ0v) is 22.6. The van der Waals surface area contributed by atoms with E-state index in [0.717, 1.165) is 20.5 Å². The molecular weight excluding hydrogens is 560 g/mol. The second-order valence-corrected chi connectivity index (χ2v) is 9.34. The van der Waals surface area contributed by atoms with Gasteiger partial charge in [0.2, 0.25) is 0 Å². The van der Waals surface area contributed by atoms with E-state index in [-0.39, 0.29) is 17.2 Å². The van der Waals surface area contributed by atoms with Crippen molar-refractivity contribution < 1.29 is 23.9 Å². The molecule has 0 radical (unpaired) electrons. The van der Waals surface area contributed by atoms with E-state index in [1.54, 1.807) is 24.3 Å². The van der Waals surface area contributed by atoms with Crippen LogP contribution < -0.4 is 19.7 Å². The molecule has 1 aliphatic heterocycles. The van der Waals surface area contributed by atoms with Crippen LogP contribution in [0.1, 0.15) is 30.5 Å². The molecule has 4 rings (SSSR count). The molecule has 3 aromatic rings. The smallest absolute Gasteiger partial charge is 0.335 e. The normalized spacial score (nSPS) is 14.6. The molecule has 0 aliphatic carbocycles. The van der Waals surface area contributed by atoms with Crippen molar-refractivity contribution in [1.29, 1.82) is 0 Å². The number of ether oxygens (including phenoxy) is 2. The summed E-state index contributed by atoms with van der Waals surface area (Å²) in [6, 6.07) is 17.1. The summed E-state index contributed by atoms with van der Waals surface area (Å²) in [5.74, 6) is -0.807. The van der Waals surface area contributed by atoms with Crippen molar-refractivity contribution in [3.05, 3.63) is 92.4 Å². The Kier molecular flexibility index (Phi) is 8.31. The van der Waals surface area contributed by atoms with Crippen molar-refractivity contribution in [1.82, 2.24) is 5.32 Å². The van der Waals surface area contributed by atoms with E-state index in [1.807, 2.05) is 50.2 Å². The van der Waals surface area contributed by atoms with Crippen molar-refractivity contribution in [3.63, 3.8) is 0 Å². The van der Waals surface area contributed by atoms with Gasteiger partial charge in [-0.2, -0.15) is 0 Å². The van der Waals surface area contributed by atoms with Gasteiger partial charge in [0.15, 0.2) is 11.5 Å². The van der Waals surface area contributed by atoms with Crippen LogP contribution in [0.25, 0.3) is 6.08 Å². The van der Waals surface area contributed by atoms with Gasteiger partial charge in [0.25, 0.3) is 11.8 Å². The Morgan fingerprint density at radius 1 is 0.973 bits per heavy atom. The largest absolute Gasteiger partial charge is 0.490 e. The molecule has 0 unspecified atom stereocenters. The fraction of sp³-hybridized carbons (Fsp3) is 0.179. The van der Waals surface area contributed by atoms with Crippen molar-refractivity contribution in [2.45, 2.75) is 26.9 Å². The van der Waals surface area contributed by atoms with Gasteiger partial charge in [0.05, 0.1) is 17.3 Å². The number of hydrogen-bond acceptors (Lipinski definition) is 5. The maximum atomic E-state index is 13.4. The minimum absolute atomic E-state index is 0.203. The molecule has 1 saturated heterocycles. The van der Waals surface area contributed by atoms with Gasteiger partial charge in [-0.1, -0.05) is 70.9 Å². The number of urea groups is 1. The average molecular weight is 584 g/mol. The lowest BCUT2D eigenvalue weighted by Crippen LogP contribution is -2.54. The van der Waals surface area contributed by atoms with Crippen molar-refractivity contribution >= 4 is 57.1 Å². The van der Waals surface area contributed by atoms with E-state index < -0.39 is 17.8 Å². The second-order valence-electron chi connectivity index (χ2n) is 8.08. The van der Waals surface area contributed by atoms with Crippen LogP contribution in [0.15, 0.2) is 70.7 Å². The molecule has 1 heterocycles. The zero-order chi connectivity index (χ0) is 26.5. The first-order valence-electron chi connectivity index (χ1n) is 11.7. The van der Waals surface area contributed by atoms with Gasteiger partial charge in [-0.3, -0.25) is 14.9 Å². The Hall–Kier alpha value is -3.62. The Morgan fingerprint density at radius 3 is 2.38 bits per heavy atom. The molecule has 0 bridgehead atoms. The zero-order valence-electron chi connectivity index (χ0n) is 20.2. The minimum atomic E-state index is -0.795. The average Bonchev–Trinajstić information content (AvgIpc) is 2.87. The number of hydrogen-bond donors (Lipinski definition) is 1. The van der Waals surface area contributed by atoms with Crippen LogP contribution >= 0.6 is 27.5 Å². The molecule has 1 aliphatic rings. The number of amides is 4. The van der Waals surface area contributed by atoms with Crippen molar-refractivity contribution in [3.8, 4) is 11.5 Å². The molecule has 1 N–H and O–H groups in total. The lowest BCUT2D eigenvalue weighted by atomic mass is 10.0. The third kappa shape index (κ3) is 5.70. The number of nitrogens with one attached hydrogen (secondary N) is 1. The maximum Gasteiger partial charge on any atom is 0.335 e. The van der Waals surface area contributed by atoms with Gasteiger partial charge in [-0.05, 0) is 54.8 Å². The van der Waals surface area contributed by atoms with Gasteiger partial charge >= 0.3 is 6.03 Å². The summed E-state index contributed by atoms with van der Waals surface area (Å²) in [6.45, 7) is 4.33. The molecule has 0 aromatic heterocycles. The number of nitrogens with zero attached hydrogens (tertiary/aromatic N) is 1. The topological polar surface area (TPSA) is 84.9 Å². The molecule has 7 nitrogen and oxygen atoms in total. The highest BCUT2D eigenvalue weighted by atomic mass is 79.9. The summed E-state index contributed by atoms with van der Waals surface area (Å²) in [5, 5.41) is 2.50. The van der Waals surface area contributed by atoms with Crippen molar-refractivity contribution in [2.75, 3.05) is 11.5 Å². The molecule has 1 fully saturated rings. The van der Waals surface area contributed by atoms with Crippen LogP contribution in [0.5, 0.6) is 11.5 Å². The fourth-order valence-corrected chi connectivity index (χ4v) is 4.58. The molecule has 4 amide bonds. The third-order valence-electron chi connectivity index (χ3n) is 5.69. The number of barbiturate groups is 1. The van der Waals surface area contributed by atoms with Crippen LogP contribution in [0.3, 0.4) is 0 Å². The lowest BCUT2D eigenvalue weighted by molar-refractivity contribution is -0.122. The van der Waals surface area contributed by atoms with E-state index >= 15 is 0 Å². The Morgan fingerprint density at radius 2 is 1.68 bits per heavy atom. The number of halogens is 2. The summed E-state index contributed by atoms with van der Waals surface area (Å²) in [7, 11) is 0. The summed E-state index contributed by atoms with van der Waals surface area (Å²) in [5.41, 5.74) is 2.39. The Bertz CT molecular complexity index is 1410. The first kappa shape index (κ1) is 26.4. The number of imide groups is 2. The third-order valence-corrected chi connectivity index (χ3v) is 6.74. The quantitative estimate of drug-likeness (QED) is 0.248. The highest BCUT2D eigenvalue weighted by molar-refractivity contribution is 9.10. The Balaban J connectivity index is 1.68. The predicted octanol–water partition coefficient (Wildman–Crippen LogP) is 6.31. The number of rotatable bonds is 8. The maximum absolute atomic E-state index is 13.4. The molecule has 0 spiro atoms. The number of para-hydroxylation sites is 1. The van der Waals surface area contributed by atoms with Crippen LogP contribution in [-0.2, 0) is 22.6 Å². The summed E-state index contributed by atoms with van der Waals surface area (Å²) < 4.78 is 12.6. The summed E-state index contributed by atoms with van der Waals surface area (Å²) >= 11 is 10.1. The summed E-state index contributed by atoms with van der Waals surface area (Å²) in [6.07, 6.45) is 1.99. The second kappa shape index (κ2) is 11.6. The van der Waals surface area contributed by atoms with Crippen molar-refractivity contribution in [2.24, 2.45) is 0 Å². The molecule has 0 saturated carbocycles. The highest BCUT2D eigenvalue weighted by Crippen LogP contribution is 2.38. The van der Waals surface area contributed by atoms with E-state index in [2.05, 4.69) is 21.2 Å². The number of benzene rings is 3. The monoisotopic (exact) mass is 582 g/mol.